The molecule has 20 heavy (non-hydrogen) atoms. The van der Waals surface area contributed by atoms with Gasteiger partial charge >= 0.3 is 5.97 Å². The summed E-state index contributed by atoms with van der Waals surface area (Å²) in [6, 6.07) is 3.80. The van der Waals surface area contributed by atoms with Crippen LogP contribution in [0.3, 0.4) is 0 Å². The van der Waals surface area contributed by atoms with E-state index in [1.807, 2.05) is 0 Å². The van der Waals surface area contributed by atoms with Crippen molar-refractivity contribution in [3.8, 4) is 5.75 Å². The Labute approximate surface area is 121 Å². The summed E-state index contributed by atoms with van der Waals surface area (Å²) in [7, 11) is -2.32. The van der Waals surface area contributed by atoms with E-state index in [1.54, 1.807) is 11.8 Å². The second-order valence-electron chi connectivity index (χ2n) is 4.19. The molecule has 0 aromatic heterocycles. The first-order valence-electron chi connectivity index (χ1n) is 5.96. The third-order valence-electron chi connectivity index (χ3n) is 3.00. The third kappa shape index (κ3) is 2.92. The lowest BCUT2D eigenvalue weighted by Gasteiger charge is -2.26. The molecule has 0 atom stereocenters. The minimum absolute atomic E-state index is 0.00463. The molecule has 1 aliphatic heterocycles. The Balaban J connectivity index is 2.42. The van der Waals surface area contributed by atoms with Gasteiger partial charge in [0.2, 0.25) is 10.0 Å². The highest BCUT2D eigenvalue weighted by Crippen LogP contribution is 2.29. The van der Waals surface area contributed by atoms with Crippen molar-refractivity contribution in [3.63, 3.8) is 0 Å². The molecule has 0 bridgehead atoms. The third-order valence-corrected chi connectivity index (χ3v) is 5.88. The molecule has 0 unspecified atom stereocenters. The predicted octanol–water partition coefficient (Wildman–Crippen LogP) is 1.13. The Kier molecular flexibility index (Phi) is 4.56. The number of hydrogen-bond donors (Lipinski definition) is 1. The maximum atomic E-state index is 12.5. The van der Waals surface area contributed by atoms with Gasteiger partial charge in [-0.15, -0.1) is 0 Å². The van der Waals surface area contributed by atoms with Crippen LogP contribution in [-0.4, -0.2) is 55.5 Å². The van der Waals surface area contributed by atoms with E-state index in [0.717, 1.165) is 11.5 Å². The van der Waals surface area contributed by atoms with Gasteiger partial charge < -0.3 is 9.84 Å². The normalized spacial score (nSPS) is 16.9. The lowest BCUT2D eigenvalue weighted by atomic mass is 10.2. The van der Waals surface area contributed by atoms with Gasteiger partial charge in [0.05, 0.1) is 12.7 Å². The Bertz CT molecular complexity index is 608. The second kappa shape index (κ2) is 6.02. The van der Waals surface area contributed by atoms with Crippen LogP contribution < -0.4 is 4.74 Å². The summed E-state index contributed by atoms with van der Waals surface area (Å²) in [6.45, 7) is 0.910. The number of nitrogens with zero attached hydrogens (tertiary/aromatic N) is 1. The summed E-state index contributed by atoms with van der Waals surface area (Å²) in [5, 5.41) is 8.93. The van der Waals surface area contributed by atoms with Crippen LogP contribution >= 0.6 is 11.8 Å². The zero-order chi connectivity index (χ0) is 14.8. The van der Waals surface area contributed by atoms with Crippen LogP contribution in [0.25, 0.3) is 0 Å². The fourth-order valence-electron chi connectivity index (χ4n) is 1.94. The highest BCUT2D eigenvalue weighted by Gasteiger charge is 2.29. The molecule has 0 aliphatic carbocycles. The van der Waals surface area contributed by atoms with Gasteiger partial charge in [0.15, 0.2) is 0 Å². The first-order chi connectivity index (χ1) is 9.46. The molecule has 1 aromatic rings. The van der Waals surface area contributed by atoms with Gasteiger partial charge in [-0.05, 0) is 18.2 Å². The van der Waals surface area contributed by atoms with Crippen molar-refractivity contribution in [2.45, 2.75) is 4.90 Å². The Morgan fingerprint density at radius 3 is 2.55 bits per heavy atom. The minimum Gasteiger partial charge on any atom is -0.495 e. The molecule has 110 valence electrons. The Hall–Kier alpha value is -1.25. The summed E-state index contributed by atoms with van der Waals surface area (Å²) in [5.41, 5.74) is -0.00463. The van der Waals surface area contributed by atoms with Crippen LogP contribution in [0.4, 0.5) is 0 Å². The van der Waals surface area contributed by atoms with Crippen LogP contribution in [-0.2, 0) is 10.0 Å². The summed E-state index contributed by atoms with van der Waals surface area (Å²) >= 11 is 1.71. The van der Waals surface area contributed by atoms with Crippen molar-refractivity contribution in [2.24, 2.45) is 0 Å². The van der Waals surface area contributed by atoms with Crippen LogP contribution in [0.5, 0.6) is 5.75 Å². The number of hydrogen-bond acceptors (Lipinski definition) is 5. The number of methoxy groups -OCH3 is 1. The van der Waals surface area contributed by atoms with Gasteiger partial charge in [-0.25, -0.2) is 13.2 Å². The monoisotopic (exact) mass is 317 g/mol. The molecule has 1 aliphatic rings. The SMILES string of the molecule is COc1cc(C(=O)O)ccc1S(=O)(=O)N1CCSCC1. The van der Waals surface area contributed by atoms with Gasteiger partial charge in [-0.3, -0.25) is 0 Å². The van der Waals surface area contributed by atoms with Gasteiger partial charge in [-0.2, -0.15) is 16.1 Å². The molecule has 2 rings (SSSR count). The average Bonchev–Trinajstić information content (AvgIpc) is 2.47. The van der Waals surface area contributed by atoms with E-state index in [9.17, 15) is 13.2 Å². The smallest absolute Gasteiger partial charge is 0.335 e. The quantitative estimate of drug-likeness (QED) is 0.896. The summed E-state index contributed by atoms with van der Waals surface area (Å²) < 4.78 is 31.5. The van der Waals surface area contributed by atoms with Crippen molar-refractivity contribution >= 4 is 27.8 Å². The number of rotatable bonds is 4. The van der Waals surface area contributed by atoms with Crippen LogP contribution in [0, 0.1) is 0 Å². The van der Waals surface area contributed by atoms with Crippen molar-refractivity contribution in [1.82, 2.24) is 4.31 Å². The molecule has 6 nitrogen and oxygen atoms in total. The van der Waals surface area contributed by atoms with E-state index in [2.05, 4.69) is 0 Å². The highest BCUT2D eigenvalue weighted by atomic mass is 32.2. The summed E-state index contributed by atoms with van der Waals surface area (Å²) in [4.78, 5) is 10.9. The van der Waals surface area contributed by atoms with Gasteiger partial charge in [0.25, 0.3) is 0 Å². The van der Waals surface area contributed by atoms with Crippen LogP contribution in [0.1, 0.15) is 10.4 Å². The molecular weight excluding hydrogens is 302 g/mol. The molecule has 1 saturated heterocycles. The number of sulfonamides is 1. The van der Waals surface area contributed by atoms with E-state index in [1.165, 1.54) is 29.6 Å². The van der Waals surface area contributed by atoms with E-state index >= 15 is 0 Å². The maximum Gasteiger partial charge on any atom is 0.335 e. The minimum atomic E-state index is -3.65. The average molecular weight is 317 g/mol. The standard InChI is InChI=1S/C12H15NO5S2/c1-18-10-8-9(12(14)15)2-3-11(10)20(16,17)13-4-6-19-7-5-13/h2-3,8H,4-7H2,1H3,(H,14,15). The molecule has 1 N–H and O–H groups in total. The van der Waals surface area contributed by atoms with Crippen LogP contribution in [0.2, 0.25) is 0 Å². The highest BCUT2D eigenvalue weighted by molar-refractivity contribution is 7.99. The summed E-state index contributed by atoms with van der Waals surface area (Å²) in [6.07, 6.45) is 0. The Morgan fingerprint density at radius 1 is 1.35 bits per heavy atom. The van der Waals surface area contributed by atoms with E-state index in [-0.39, 0.29) is 16.2 Å². The lowest BCUT2D eigenvalue weighted by Crippen LogP contribution is -2.38. The molecule has 1 fully saturated rings. The number of carboxylic acid groups (broad SMARTS) is 1. The molecule has 8 heteroatoms. The zero-order valence-electron chi connectivity index (χ0n) is 10.9. The van der Waals surface area contributed by atoms with E-state index in [0.29, 0.717) is 13.1 Å². The van der Waals surface area contributed by atoms with Gasteiger partial charge in [0, 0.05) is 24.6 Å². The fraction of sp³-hybridized carbons (Fsp3) is 0.417. The molecule has 1 aromatic carbocycles. The molecule has 1 heterocycles. The lowest BCUT2D eigenvalue weighted by molar-refractivity contribution is 0.0696. The van der Waals surface area contributed by atoms with Crippen molar-refractivity contribution < 1.29 is 23.1 Å². The van der Waals surface area contributed by atoms with Crippen LogP contribution in [0.15, 0.2) is 23.1 Å². The van der Waals surface area contributed by atoms with E-state index in [4.69, 9.17) is 9.84 Å². The van der Waals surface area contributed by atoms with Crippen molar-refractivity contribution in [1.29, 1.82) is 0 Å². The summed E-state index contributed by atoms with van der Waals surface area (Å²) in [5.74, 6) is 0.452. The number of aromatic carboxylic acids is 1. The number of benzene rings is 1. The largest absolute Gasteiger partial charge is 0.495 e. The first-order valence-corrected chi connectivity index (χ1v) is 8.55. The van der Waals surface area contributed by atoms with Gasteiger partial charge in [-0.1, -0.05) is 0 Å². The Morgan fingerprint density at radius 2 is 2.00 bits per heavy atom. The zero-order valence-corrected chi connectivity index (χ0v) is 12.5. The second-order valence-corrected chi connectivity index (χ2v) is 7.32. The van der Waals surface area contributed by atoms with Crippen molar-refractivity contribution in [2.75, 3.05) is 31.7 Å². The van der Waals surface area contributed by atoms with Gasteiger partial charge in [0.1, 0.15) is 10.6 Å². The number of ether oxygens (including phenoxy) is 1. The molecular formula is C12H15NO5S2. The molecule has 0 saturated carbocycles. The maximum absolute atomic E-state index is 12.5. The number of carboxylic acids is 1. The van der Waals surface area contributed by atoms with E-state index < -0.39 is 16.0 Å². The topological polar surface area (TPSA) is 83.9 Å². The molecule has 0 radical (unpaired) electrons. The number of thioether (sulfide) groups is 1. The van der Waals surface area contributed by atoms with Crippen molar-refractivity contribution in [3.05, 3.63) is 23.8 Å². The fourth-order valence-corrected chi connectivity index (χ4v) is 4.65. The predicted molar refractivity (Wildman–Crippen MR) is 76.0 cm³/mol. The molecule has 0 spiro atoms. The first kappa shape index (κ1) is 15.1. The number of carbonyl (C=O) groups is 1. The molecule has 0 amide bonds.